The molecule has 1 aromatic rings. The van der Waals surface area contributed by atoms with E-state index >= 15 is 0 Å². The molecule has 1 aromatic heterocycles. The molecule has 1 saturated carbocycles. The Morgan fingerprint density at radius 3 is 2.83 bits per heavy atom. The van der Waals surface area contributed by atoms with Crippen LogP contribution in [0.5, 0.6) is 0 Å². The van der Waals surface area contributed by atoms with E-state index in [1.165, 1.54) is 0 Å². The highest BCUT2D eigenvalue weighted by Crippen LogP contribution is 2.41. The first kappa shape index (κ1) is 13.1. The summed E-state index contributed by atoms with van der Waals surface area (Å²) in [5.41, 5.74) is 0.0645. The summed E-state index contributed by atoms with van der Waals surface area (Å²) in [4.78, 5) is 11.7. The number of aliphatic carboxylic acids is 1. The van der Waals surface area contributed by atoms with E-state index in [2.05, 4.69) is 10.4 Å². The van der Waals surface area contributed by atoms with Crippen LogP contribution in [0, 0.1) is 12.8 Å². The fourth-order valence-corrected chi connectivity index (χ4v) is 2.38. The van der Waals surface area contributed by atoms with Crippen LogP contribution in [0.15, 0.2) is 12.3 Å². The molecule has 0 aliphatic heterocycles. The molecule has 18 heavy (non-hydrogen) atoms. The summed E-state index contributed by atoms with van der Waals surface area (Å²) in [6.45, 7) is 5.09. The maximum Gasteiger partial charge on any atom is 0.326 e. The van der Waals surface area contributed by atoms with Gasteiger partial charge in [0.2, 0.25) is 0 Å². The van der Waals surface area contributed by atoms with Gasteiger partial charge in [-0.25, -0.2) is 0 Å². The average molecular weight is 251 g/mol. The predicted octanol–water partition coefficient (Wildman–Crippen LogP) is 1.42. The summed E-state index contributed by atoms with van der Waals surface area (Å²) in [7, 11) is 0. The molecule has 0 spiro atoms. The van der Waals surface area contributed by atoms with E-state index < -0.39 is 11.5 Å². The number of carbonyl (C=O) groups is 1. The Morgan fingerprint density at radius 2 is 2.39 bits per heavy atom. The molecule has 1 aliphatic rings. The summed E-state index contributed by atoms with van der Waals surface area (Å²) in [6, 6.07) is 1.90. The molecule has 2 rings (SSSR count). The summed E-state index contributed by atoms with van der Waals surface area (Å²) >= 11 is 0. The number of hydrogen-bond acceptors (Lipinski definition) is 3. The minimum Gasteiger partial charge on any atom is -0.480 e. The van der Waals surface area contributed by atoms with Crippen molar-refractivity contribution in [3.05, 3.63) is 18.0 Å². The van der Waals surface area contributed by atoms with Gasteiger partial charge >= 0.3 is 5.97 Å². The summed E-state index contributed by atoms with van der Waals surface area (Å²) < 4.78 is 1.74. The number of aromatic nitrogens is 2. The van der Waals surface area contributed by atoms with Crippen molar-refractivity contribution in [1.82, 2.24) is 15.1 Å². The number of rotatable bonds is 7. The molecular weight excluding hydrogens is 230 g/mol. The molecule has 5 nitrogen and oxygen atoms in total. The van der Waals surface area contributed by atoms with Gasteiger partial charge in [0.15, 0.2) is 0 Å². The van der Waals surface area contributed by atoms with E-state index in [0.717, 1.165) is 31.5 Å². The van der Waals surface area contributed by atoms with Crippen LogP contribution in [0.4, 0.5) is 0 Å². The molecule has 0 radical (unpaired) electrons. The zero-order valence-electron chi connectivity index (χ0n) is 11.0. The first-order valence-corrected chi connectivity index (χ1v) is 6.57. The largest absolute Gasteiger partial charge is 0.480 e. The van der Waals surface area contributed by atoms with Gasteiger partial charge in [-0.2, -0.15) is 5.10 Å². The number of hydrogen-bond donors (Lipinski definition) is 2. The van der Waals surface area contributed by atoms with E-state index in [1.54, 1.807) is 4.68 Å². The first-order valence-electron chi connectivity index (χ1n) is 6.57. The molecule has 1 unspecified atom stereocenters. The standard InChI is InChI=1S/C13H21N3O2/c1-3-7-14-13(12(17)18,11-4-5-11)9-16-8-6-10(2)15-16/h6,8,11,14H,3-5,7,9H2,1-2H3,(H,17,18). The second kappa shape index (κ2) is 5.10. The molecule has 0 saturated heterocycles. The van der Waals surface area contributed by atoms with Crippen molar-refractivity contribution in [2.45, 2.75) is 45.2 Å². The Morgan fingerprint density at radius 1 is 1.67 bits per heavy atom. The van der Waals surface area contributed by atoms with Crippen molar-refractivity contribution in [2.24, 2.45) is 5.92 Å². The number of nitrogens with zero attached hydrogens (tertiary/aromatic N) is 2. The fraction of sp³-hybridized carbons (Fsp3) is 0.692. The monoisotopic (exact) mass is 251 g/mol. The molecule has 1 atom stereocenters. The summed E-state index contributed by atoms with van der Waals surface area (Å²) in [6.07, 6.45) is 4.76. The van der Waals surface area contributed by atoms with Gasteiger partial charge in [0.05, 0.1) is 12.2 Å². The molecule has 0 amide bonds. The number of carboxylic acids is 1. The Labute approximate surface area is 107 Å². The van der Waals surface area contributed by atoms with Crippen molar-refractivity contribution < 1.29 is 9.90 Å². The molecule has 1 aliphatic carbocycles. The third kappa shape index (κ3) is 2.56. The Bertz CT molecular complexity index is 426. The maximum atomic E-state index is 11.7. The number of carboxylic acid groups (broad SMARTS) is 1. The van der Waals surface area contributed by atoms with Gasteiger partial charge in [0, 0.05) is 6.20 Å². The quantitative estimate of drug-likeness (QED) is 0.769. The SMILES string of the molecule is CCCNC(Cn1ccc(C)n1)(C(=O)O)C1CC1. The second-order valence-corrected chi connectivity index (χ2v) is 5.13. The average Bonchev–Trinajstić information content (AvgIpc) is 3.09. The van der Waals surface area contributed by atoms with E-state index in [-0.39, 0.29) is 5.92 Å². The molecule has 100 valence electrons. The lowest BCUT2D eigenvalue weighted by Gasteiger charge is -2.30. The van der Waals surface area contributed by atoms with E-state index in [1.807, 2.05) is 26.1 Å². The van der Waals surface area contributed by atoms with Crippen LogP contribution in [-0.2, 0) is 11.3 Å². The molecule has 1 fully saturated rings. The van der Waals surface area contributed by atoms with Gasteiger partial charge in [-0.3, -0.25) is 9.48 Å². The molecule has 1 heterocycles. The van der Waals surface area contributed by atoms with Crippen molar-refractivity contribution >= 4 is 5.97 Å². The van der Waals surface area contributed by atoms with E-state index in [4.69, 9.17) is 0 Å². The maximum absolute atomic E-state index is 11.7. The van der Waals surface area contributed by atoms with E-state index in [9.17, 15) is 9.90 Å². The van der Waals surface area contributed by atoms with Gasteiger partial charge in [-0.05, 0) is 44.7 Å². The van der Waals surface area contributed by atoms with E-state index in [0.29, 0.717) is 6.54 Å². The molecule has 5 heteroatoms. The lowest BCUT2D eigenvalue weighted by atomic mass is 9.93. The van der Waals surface area contributed by atoms with Gasteiger partial charge in [-0.1, -0.05) is 6.92 Å². The Balaban J connectivity index is 2.19. The minimum atomic E-state index is -0.853. The van der Waals surface area contributed by atoms with Crippen LogP contribution in [0.25, 0.3) is 0 Å². The highest BCUT2D eigenvalue weighted by molar-refractivity contribution is 5.79. The fourth-order valence-electron chi connectivity index (χ4n) is 2.38. The topological polar surface area (TPSA) is 67.2 Å². The van der Waals surface area contributed by atoms with Gasteiger partial charge in [0.1, 0.15) is 5.54 Å². The third-order valence-corrected chi connectivity index (χ3v) is 3.53. The zero-order valence-corrected chi connectivity index (χ0v) is 11.0. The predicted molar refractivity (Wildman–Crippen MR) is 68.3 cm³/mol. The van der Waals surface area contributed by atoms with Crippen LogP contribution in [0.2, 0.25) is 0 Å². The second-order valence-electron chi connectivity index (χ2n) is 5.13. The van der Waals surface area contributed by atoms with Gasteiger partial charge in [0.25, 0.3) is 0 Å². The zero-order chi connectivity index (χ0) is 13.2. The minimum absolute atomic E-state index is 0.228. The number of aryl methyl sites for hydroxylation is 1. The lowest BCUT2D eigenvalue weighted by molar-refractivity contribution is -0.146. The molecule has 2 N–H and O–H groups in total. The van der Waals surface area contributed by atoms with Crippen LogP contribution in [0.1, 0.15) is 31.9 Å². The highest BCUT2D eigenvalue weighted by atomic mass is 16.4. The van der Waals surface area contributed by atoms with Crippen molar-refractivity contribution in [3.8, 4) is 0 Å². The molecule has 0 bridgehead atoms. The van der Waals surface area contributed by atoms with Crippen molar-refractivity contribution in [3.63, 3.8) is 0 Å². The van der Waals surface area contributed by atoms with Gasteiger partial charge < -0.3 is 10.4 Å². The normalized spacial score (nSPS) is 18.6. The van der Waals surface area contributed by atoms with Crippen molar-refractivity contribution in [2.75, 3.05) is 6.54 Å². The first-order chi connectivity index (χ1) is 8.58. The molecule has 0 aromatic carbocycles. The molecular formula is C13H21N3O2. The van der Waals surface area contributed by atoms with Crippen LogP contribution >= 0.6 is 0 Å². The van der Waals surface area contributed by atoms with Crippen LogP contribution < -0.4 is 5.32 Å². The summed E-state index contributed by atoms with van der Waals surface area (Å²) in [5.74, 6) is -0.530. The van der Waals surface area contributed by atoms with Crippen molar-refractivity contribution in [1.29, 1.82) is 0 Å². The Hall–Kier alpha value is -1.36. The Kier molecular flexibility index (Phi) is 3.71. The smallest absolute Gasteiger partial charge is 0.326 e. The summed E-state index contributed by atoms with van der Waals surface area (Å²) in [5, 5.41) is 17.2. The van der Waals surface area contributed by atoms with Gasteiger partial charge in [-0.15, -0.1) is 0 Å². The third-order valence-electron chi connectivity index (χ3n) is 3.53. The number of nitrogens with one attached hydrogen (secondary N) is 1. The van der Waals surface area contributed by atoms with Crippen LogP contribution in [0.3, 0.4) is 0 Å². The highest BCUT2D eigenvalue weighted by Gasteiger charge is 2.51. The lowest BCUT2D eigenvalue weighted by Crippen LogP contribution is -2.57. The van der Waals surface area contributed by atoms with Crippen LogP contribution in [-0.4, -0.2) is 32.9 Å².